The third-order valence-electron chi connectivity index (χ3n) is 6.20. The summed E-state index contributed by atoms with van der Waals surface area (Å²) in [5, 5.41) is 31.4. The molecule has 3 aliphatic rings. The number of aromatic nitrogens is 1. The number of hydrogen-bond donors (Lipinski definition) is 2. The van der Waals surface area contributed by atoms with E-state index in [1.165, 1.54) is 13.0 Å². The first-order chi connectivity index (χ1) is 16.4. The highest BCUT2D eigenvalue weighted by molar-refractivity contribution is 6.33. The number of hydrogen-bond acceptors (Lipinski definition) is 7. The molecule has 3 saturated heterocycles. The number of fused-ring (bicyclic) bond motifs is 2. The van der Waals surface area contributed by atoms with Crippen molar-refractivity contribution in [1.82, 2.24) is 9.88 Å². The van der Waals surface area contributed by atoms with Gasteiger partial charge in [-0.3, -0.25) is 9.69 Å². The van der Waals surface area contributed by atoms with Crippen LogP contribution in [-0.2, 0) is 11.0 Å². The summed E-state index contributed by atoms with van der Waals surface area (Å²) in [6.07, 6.45) is -2.96. The molecule has 3 atom stereocenters. The number of benzene rings is 1. The van der Waals surface area contributed by atoms with Gasteiger partial charge in [0.15, 0.2) is 11.3 Å². The predicted octanol–water partition coefficient (Wildman–Crippen LogP) is 3.15. The fourth-order valence-electron chi connectivity index (χ4n) is 4.62. The molecular weight excluding hydrogens is 485 g/mol. The Bertz CT molecular complexity index is 1240. The molecular formula is C23H20ClF3N6O2. The van der Waals surface area contributed by atoms with E-state index in [0.29, 0.717) is 29.7 Å². The lowest BCUT2D eigenvalue weighted by Gasteiger charge is -2.58. The molecule has 0 aliphatic carbocycles. The zero-order chi connectivity index (χ0) is 25.5. The van der Waals surface area contributed by atoms with Crippen molar-refractivity contribution in [3.05, 3.63) is 52.3 Å². The minimum atomic E-state index is -4.82. The van der Waals surface area contributed by atoms with Crippen LogP contribution in [0.1, 0.15) is 30.2 Å². The van der Waals surface area contributed by atoms with Gasteiger partial charge in [-0.05, 0) is 37.6 Å². The molecule has 0 spiro atoms. The molecule has 8 nitrogen and oxygen atoms in total. The smallest absolute Gasteiger partial charge is 0.379 e. The largest absolute Gasteiger partial charge is 0.419 e. The van der Waals surface area contributed by atoms with E-state index >= 15 is 0 Å². The summed E-state index contributed by atoms with van der Waals surface area (Å²) >= 11 is 6.35. The molecule has 2 aromatic rings. The standard InChI is InChI=1S/C23H20ClF3N6O2/c1-22(35,21(34)31-14-5-17(23(25,26)27)19(8-29)30-9-14)12-32-10-15-6-16(11-32)33(15)20-3-2-13(7-28)4-18(20)24/h2-5,9,15-16,35H,6,10-12H2,1H3,(H,31,34). The van der Waals surface area contributed by atoms with Gasteiger partial charge in [-0.2, -0.15) is 23.7 Å². The van der Waals surface area contributed by atoms with Crippen molar-refractivity contribution in [2.45, 2.75) is 37.2 Å². The normalized spacial score (nSPS) is 21.3. The van der Waals surface area contributed by atoms with Gasteiger partial charge in [0.25, 0.3) is 5.91 Å². The van der Waals surface area contributed by atoms with Crippen molar-refractivity contribution in [1.29, 1.82) is 10.5 Å². The van der Waals surface area contributed by atoms with Crippen molar-refractivity contribution < 1.29 is 23.1 Å². The molecule has 3 aliphatic heterocycles. The van der Waals surface area contributed by atoms with Crippen LogP contribution in [0.2, 0.25) is 5.02 Å². The number of anilines is 2. The van der Waals surface area contributed by atoms with Gasteiger partial charge in [0, 0.05) is 31.7 Å². The number of carbonyl (C=O) groups is 1. The minimum Gasteiger partial charge on any atom is -0.379 e. The van der Waals surface area contributed by atoms with Crippen molar-refractivity contribution in [2.24, 2.45) is 0 Å². The molecule has 12 heteroatoms. The van der Waals surface area contributed by atoms with Gasteiger partial charge < -0.3 is 15.3 Å². The molecule has 0 radical (unpaired) electrons. The molecule has 3 fully saturated rings. The maximum Gasteiger partial charge on any atom is 0.419 e. The second-order valence-corrected chi connectivity index (χ2v) is 9.29. The third kappa shape index (κ3) is 4.89. The summed E-state index contributed by atoms with van der Waals surface area (Å²) in [4.78, 5) is 20.2. The second kappa shape index (κ2) is 9.00. The molecule has 1 amide bonds. The Kier molecular flexibility index (Phi) is 6.36. The Morgan fingerprint density at radius 2 is 1.94 bits per heavy atom. The Labute approximate surface area is 204 Å². The number of amides is 1. The number of carbonyl (C=O) groups excluding carboxylic acids is 1. The highest BCUT2D eigenvalue weighted by atomic mass is 35.5. The van der Waals surface area contributed by atoms with Crippen molar-refractivity contribution in [3.63, 3.8) is 0 Å². The topological polar surface area (TPSA) is 116 Å². The van der Waals surface area contributed by atoms with Crippen LogP contribution in [0.4, 0.5) is 24.5 Å². The summed E-state index contributed by atoms with van der Waals surface area (Å²) in [5.41, 5.74) is -2.95. The van der Waals surface area contributed by atoms with E-state index in [1.54, 1.807) is 18.2 Å². The number of aliphatic hydroxyl groups is 1. The zero-order valence-corrected chi connectivity index (χ0v) is 19.2. The molecule has 1 aromatic heterocycles. The van der Waals surface area contributed by atoms with Gasteiger partial charge in [-0.25, -0.2) is 4.98 Å². The molecule has 0 saturated carbocycles. The summed E-state index contributed by atoms with van der Waals surface area (Å²) in [7, 11) is 0. The Balaban J connectivity index is 1.41. The van der Waals surface area contributed by atoms with Crippen LogP contribution in [-0.4, -0.2) is 58.2 Å². The average molecular weight is 505 g/mol. The van der Waals surface area contributed by atoms with Crippen LogP contribution in [0.25, 0.3) is 0 Å². The number of piperazine rings is 1. The van der Waals surface area contributed by atoms with Crippen LogP contribution in [0.3, 0.4) is 0 Å². The predicted molar refractivity (Wildman–Crippen MR) is 120 cm³/mol. The van der Waals surface area contributed by atoms with Crippen LogP contribution >= 0.6 is 11.6 Å². The van der Waals surface area contributed by atoms with Crippen molar-refractivity contribution in [2.75, 3.05) is 29.9 Å². The molecule has 2 bridgehead atoms. The Morgan fingerprint density at radius 3 is 2.51 bits per heavy atom. The molecule has 35 heavy (non-hydrogen) atoms. The molecule has 5 rings (SSSR count). The summed E-state index contributed by atoms with van der Waals surface area (Å²) in [6.45, 7) is 2.36. The van der Waals surface area contributed by atoms with E-state index in [-0.39, 0.29) is 24.3 Å². The molecule has 1 aromatic carbocycles. The van der Waals surface area contributed by atoms with E-state index in [2.05, 4.69) is 15.2 Å². The summed E-state index contributed by atoms with van der Waals surface area (Å²) < 4.78 is 39.5. The van der Waals surface area contributed by atoms with E-state index < -0.39 is 28.9 Å². The number of halogens is 4. The molecule has 4 heterocycles. The average Bonchev–Trinajstić information content (AvgIpc) is 2.79. The lowest BCUT2D eigenvalue weighted by molar-refractivity contribution is -0.138. The summed E-state index contributed by atoms with van der Waals surface area (Å²) in [5.74, 6) is -0.886. The van der Waals surface area contributed by atoms with Gasteiger partial charge in [-0.15, -0.1) is 0 Å². The van der Waals surface area contributed by atoms with E-state index in [1.807, 2.05) is 11.0 Å². The maximum absolute atomic E-state index is 13.2. The molecule has 2 N–H and O–H groups in total. The van der Waals surface area contributed by atoms with Gasteiger partial charge >= 0.3 is 6.18 Å². The van der Waals surface area contributed by atoms with E-state index in [9.17, 15) is 23.1 Å². The maximum atomic E-state index is 13.2. The highest BCUT2D eigenvalue weighted by Gasteiger charge is 2.47. The van der Waals surface area contributed by atoms with Crippen molar-refractivity contribution >= 4 is 28.9 Å². The summed E-state index contributed by atoms with van der Waals surface area (Å²) in [6, 6.07) is 9.37. The molecule has 3 unspecified atom stereocenters. The van der Waals surface area contributed by atoms with E-state index in [4.69, 9.17) is 22.1 Å². The number of nitriles is 2. The lowest BCUT2D eigenvalue weighted by Crippen LogP contribution is -2.70. The van der Waals surface area contributed by atoms with Gasteiger partial charge in [0.05, 0.1) is 39.8 Å². The zero-order valence-electron chi connectivity index (χ0n) is 18.5. The second-order valence-electron chi connectivity index (χ2n) is 8.88. The first-order valence-corrected chi connectivity index (χ1v) is 11.0. The number of piperidine rings is 1. The van der Waals surface area contributed by atoms with Gasteiger partial charge in [-0.1, -0.05) is 11.6 Å². The van der Waals surface area contributed by atoms with Gasteiger partial charge in [0.1, 0.15) is 6.07 Å². The first kappa shape index (κ1) is 24.7. The van der Waals surface area contributed by atoms with Crippen molar-refractivity contribution in [3.8, 4) is 12.1 Å². The number of pyridine rings is 1. The fraction of sp³-hybridized carbons (Fsp3) is 0.391. The van der Waals surface area contributed by atoms with Gasteiger partial charge in [0.2, 0.25) is 0 Å². The van der Waals surface area contributed by atoms with Crippen LogP contribution in [0.5, 0.6) is 0 Å². The first-order valence-electron chi connectivity index (χ1n) is 10.6. The van der Waals surface area contributed by atoms with Crippen LogP contribution in [0.15, 0.2) is 30.5 Å². The Hall–Kier alpha value is -3.38. The van der Waals surface area contributed by atoms with E-state index in [0.717, 1.165) is 18.3 Å². The van der Waals surface area contributed by atoms with Crippen LogP contribution in [0, 0.1) is 22.7 Å². The number of nitrogens with zero attached hydrogens (tertiary/aromatic N) is 5. The SMILES string of the molecule is CC(O)(CN1CC2CC(C1)N2c1ccc(C#N)cc1Cl)C(=O)Nc1cnc(C#N)c(C(F)(F)F)c1. The van der Waals surface area contributed by atoms with Crippen LogP contribution < -0.4 is 10.2 Å². The lowest BCUT2D eigenvalue weighted by atomic mass is 9.85. The third-order valence-corrected chi connectivity index (χ3v) is 6.50. The number of nitrogens with one attached hydrogen (secondary N) is 1. The monoisotopic (exact) mass is 504 g/mol. The number of alkyl halides is 3. The Morgan fingerprint density at radius 1 is 1.26 bits per heavy atom. The quantitative estimate of drug-likeness (QED) is 0.642. The molecule has 182 valence electrons. The highest BCUT2D eigenvalue weighted by Crippen LogP contribution is 2.41. The number of rotatable bonds is 5. The fourth-order valence-corrected chi connectivity index (χ4v) is 4.89. The minimum absolute atomic E-state index is 0.0311.